The van der Waals surface area contributed by atoms with Gasteiger partial charge in [0.15, 0.2) is 16.8 Å². The maximum atomic E-state index is 13.1. The summed E-state index contributed by atoms with van der Waals surface area (Å²) in [6.45, 7) is 2.53. The molecule has 2 amide bonds. The van der Waals surface area contributed by atoms with Crippen LogP contribution in [0.1, 0.15) is 38.0 Å². The molecule has 1 aliphatic rings. The molecule has 0 radical (unpaired) electrons. The Morgan fingerprint density at radius 3 is 2.11 bits per heavy atom. The molecular weight excluding hydrogens is 467 g/mol. The molecule has 174 valence electrons. The Balaban J connectivity index is 1.34. The first-order valence-corrected chi connectivity index (χ1v) is 11.9. The molecule has 35 heavy (non-hydrogen) atoms. The van der Waals surface area contributed by atoms with E-state index in [1.807, 2.05) is 11.5 Å². The van der Waals surface area contributed by atoms with Gasteiger partial charge in [-0.15, -0.1) is 10.2 Å². The topological polar surface area (TPSA) is 85.2 Å². The molecule has 3 aromatic carbocycles. The highest BCUT2D eigenvalue weighted by Gasteiger charge is 2.36. The third-order valence-electron chi connectivity index (χ3n) is 5.71. The molecule has 4 aromatic rings. The molecule has 0 bridgehead atoms. The van der Waals surface area contributed by atoms with E-state index in [-0.39, 0.29) is 23.4 Å². The van der Waals surface area contributed by atoms with Gasteiger partial charge in [-0.2, -0.15) is 0 Å². The SMILES string of the molecule is CCn1c(SCC(=O)c2ccc(F)cc2)nnc1-c1ccc(N2C(=O)c3ccccc3C2=O)cc1. The van der Waals surface area contributed by atoms with Crippen molar-refractivity contribution in [2.75, 3.05) is 10.7 Å². The minimum atomic E-state index is -0.390. The van der Waals surface area contributed by atoms with E-state index in [1.54, 1.807) is 48.5 Å². The Morgan fingerprint density at radius 1 is 0.886 bits per heavy atom. The van der Waals surface area contributed by atoms with Gasteiger partial charge >= 0.3 is 0 Å². The quantitative estimate of drug-likeness (QED) is 0.210. The van der Waals surface area contributed by atoms with Crippen molar-refractivity contribution >= 4 is 35.0 Å². The number of fused-ring (bicyclic) bond motifs is 1. The zero-order valence-electron chi connectivity index (χ0n) is 18.6. The molecule has 1 aromatic heterocycles. The minimum Gasteiger partial charge on any atom is -0.302 e. The van der Waals surface area contributed by atoms with E-state index in [2.05, 4.69) is 10.2 Å². The van der Waals surface area contributed by atoms with Crippen molar-refractivity contribution in [1.82, 2.24) is 14.8 Å². The van der Waals surface area contributed by atoms with E-state index in [9.17, 15) is 18.8 Å². The summed E-state index contributed by atoms with van der Waals surface area (Å²) in [7, 11) is 0. The van der Waals surface area contributed by atoms with E-state index in [4.69, 9.17) is 0 Å². The number of imide groups is 1. The fraction of sp³-hybridized carbons (Fsp3) is 0.115. The van der Waals surface area contributed by atoms with Gasteiger partial charge in [-0.1, -0.05) is 23.9 Å². The maximum absolute atomic E-state index is 13.1. The first kappa shape index (κ1) is 22.7. The molecular formula is C26H19FN4O3S. The lowest BCUT2D eigenvalue weighted by atomic mass is 10.1. The molecule has 5 rings (SSSR count). The fourth-order valence-electron chi connectivity index (χ4n) is 3.93. The van der Waals surface area contributed by atoms with Crippen LogP contribution >= 0.6 is 11.8 Å². The number of benzene rings is 3. The largest absolute Gasteiger partial charge is 0.302 e. The van der Waals surface area contributed by atoms with Crippen LogP contribution in [0.25, 0.3) is 11.4 Å². The van der Waals surface area contributed by atoms with Crippen LogP contribution in [0.15, 0.2) is 78.0 Å². The molecule has 0 fully saturated rings. The molecule has 0 saturated heterocycles. The van der Waals surface area contributed by atoms with Crippen molar-refractivity contribution in [1.29, 1.82) is 0 Å². The summed E-state index contributed by atoms with van der Waals surface area (Å²) in [5, 5.41) is 9.12. The summed E-state index contributed by atoms with van der Waals surface area (Å²) in [5.74, 6) is -0.467. The third-order valence-corrected chi connectivity index (χ3v) is 6.68. The summed E-state index contributed by atoms with van der Waals surface area (Å²) in [5.41, 5.74) is 2.46. The fourth-order valence-corrected chi connectivity index (χ4v) is 4.82. The molecule has 7 nitrogen and oxygen atoms in total. The van der Waals surface area contributed by atoms with Gasteiger partial charge in [-0.3, -0.25) is 14.4 Å². The van der Waals surface area contributed by atoms with Crippen molar-refractivity contribution in [2.24, 2.45) is 0 Å². The smallest absolute Gasteiger partial charge is 0.266 e. The second-order valence-corrected chi connectivity index (χ2v) is 8.75. The summed E-state index contributed by atoms with van der Waals surface area (Å²) in [4.78, 5) is 39.1. The van der Waals surface area contributed by atoms with Crippen molar-refractivity contribution < 1.29 is 18.8 Å². The molecule has 0 saturated carbocycles. The van der Waals surface area contributed by atoms with E-state index in [0.717, 1.165) is 5.56 Å². The van der Waals surface area contributed by atoms with E-state index in [1.165, 1.54) is 40.9 Å². The second kappa shape index (κ2) is 9.27. The number of amides is 2. The summed E-state index contributed by atoms with van der Waals surface area (Å²) < 4.78 is 15.0. The molecule has 0 atom stereocenters. The first-order valence-electron chi connectivity index (χ1n) is 10.9. The van der Waals surface area contributed by atoms with Crippen LogP contribution in [-0.4, -0.2) is 38.1 Å². The number of nitrogens with zero attached hydrogens (tertiary/aromatic N) is 4. The second-order valence-electron chi connectivity index (χ2n) is 7.81. The van der Waals surface area contributed by atoms with E-state index < -0.39 is 5.82 Å². The zero-order chi connectivity index (χ0) is 24.5. The normalized spacial score (nSPS) is 12.8. The molecule has 9 heteroatoms. The van der Waals surface area contributed by atoms with Crippen molar-refractivity contribution in [2.45, 2.75) is 18.6 Å². The lowest BCUT2D eigenvalue weighted by molar-refractivity contribution is 0.0924. The van der Waals surface area contributed by atoms with Crippen molar-refractivity contribution in [3.63, 3.8) is 0 Å². The van der Waals surface area contributed by atoms with Gasteiger partial charge in [0.1, 0.15) is 5.82 Å². The average Bonchev–Trinajstić information content (AvgIpc) is 3.41. The van der Waals surface area contributed by atoms with Gasteiger partial charge in [0.05, 0.1) is 22.6 Å². The molecule has 1 aliphatic heterocycles. The standard InChI is InChI=1S/C26H19FN4O3S/c1-2-30-23(28-29-26(30)35-15-22(32)16-7-11-18(27)12-8-16)17-9-13-19(14-10-17)31-24(33)20-5-3-4-6-21(20)25(31)34/h3-14H,2,15H2,1H3. The first-order chi connectivity index (χ1) is 17.0. The van der Waals surface area contributed by atoms with Gasteiger partial charge in [-0.05, 0) is 67.6 Å². The van der Waals surface area contributed by atoms with Crippen molar-refractivity contribution in [3.05, 3.63) is 95.3 Å². The van der Waals surface area contributed by atoms with Gasteiger partial charge in [0.25, 0.3) is 11.8 Å². The van der Waals surface area contributed by atoms with Crippen LogP contribution < -0.4 is 4.90 Å². The van der Waals surface area contributed by atoms with Crippen molar-refractivity contribution in [3.8, 4) is 11.4 Å². The number of thioether (sulfide) groups is 1. The molecule has 0 unspecified atom stereocenters. The number of halogens is 1. The van der Waals surface area contributed by atoms with Crippen LogP contribution in [0.2, 0.25) is 0 Å². The number of Topliss-reactive ketones (excluding diaryl/α,β-unsaturated/α-hetero) is 1. The lowest BCUT2D eigenvalue weighted by Gasteiger charge is -2.14. The Kier molecular flexibility index (Phi) is 6.00. The Hall–Kier alpha value is -4.11. The average molecular weight is 487 g/mol. The Labute approximate surface area is 204 Å². The number of carbonyl (C=O) groups excluding carboxylic acids is 3. The lowest BCUT2D eigenvalue weighted by Crippen LogP contribution is -2.29. The zero-order valence-corrected chi connectivity index (χ0v) is 19.5. The van der Waals surface area contributed by atoms with Crippen LogP contribution in [0.4, 0.5) is 10.1 Å². The van der Waals surface area contributed by atoms with Crippen LogP contribution in [-0.2, 0) is 6.54 Å². The summed E-state index contributed by atoms with van der Waals surface area (Å²) >= 11 is 1.26. The van der Waals surface area contributed by atoms with Gasteiger partial charge in [0.2, 0.25) is 0 Å². The third kappa shape index (κ3) is 4.15. The number of carbonyl (C=O) groups is 3. The van der Waals surface area contributed by atoms with Crippen LogP contribution in [0.5, 0.6) is 0 Å². The molecule has 0 aliphatic carbocycles. The van der Waals surface area contributed by atoms with Crippen LogP contribution in [0.3, 0.4) is 0 Å². The highest BCUT2D eigenvalue weighted by Crippen LogP contribution is 2.31. The number of hydrogen-bond donors (Lipinski definition) is 0. The predicted molar refractivity (Wildman–Crippen MR) is 130 cm³/mol. The predicted octanol–water partition coefficient (Wildman–Crippen LogP) is 4.88. The minimum absolute atomic E-state index is 0.132. The van der Waals surface area contributed by atoms with E-state index in [0.29, 0.717) is 39.9 Å². The van der Waals surface area contributed by atoms with E-state index >= 15 is 0 Å². The molecule has 0 spiro atoms. The number of rotatable bonds is 7. The van der Waals surface area contributed by atoms with Crippen LogP contribution in [0, 0.1) is 5.82 Å². The van der Waals surface area contributed by atoms with Gasteiger partial charge in [-0.25, -0.2) is 9.29 Å². The Bertz CT molecular complexity index is 1410. The number of aromatic nitrogens is 3. The highest BCUT2D eigenvalue weighted by molar-refractivity contribution is 7.99. The number of ketones is 1. The van der Waals surface area contributed by atoms with Gasteiger partial charge < -0.3 is 4.57 Å². The Morgan fingerprint density at radius 2 is 1.51 bits per heavy atom. The monoisotopic (exact) mass is 486 g/mol. The molecule has 2 heterocycles. The highest BCUT2D eigenvalue weighted by atomic mass is 32.2. The number of hydrogen-bond acceptors (Lipinski definition) is 6. The summed E-state index contributed by atoms with van der Waals surface area (Å²) in [6.07, 6.45) is 0. The summed E-state index contributed by atoms with van der Waals surface area (Å²) in [6, 6.07) is 19.2. The number of anilines is 1. The molecule has 0 N–H and O–H groups in total. The maximum Gasteiger partial charge on any atom is 0.266 e. The van der Waals surface area contributed by atoms with Gasteiger partial charge in [0, 0.05) is 17.7 Å².